The van der Waals surface area contributed by atoms with Crippen LogP contribution in [0.5, 0.6) is 0 Å². The zero-order chi connectivity index (χ0) is 37.5. The van der Waals surface area contributed by atoms with Gasteiger partial charge in [-0.1, -0.05) is 152 Å². The Bertz CT molecular complexity index is 3470. The molecule has 3 heterocycles. The number of furan rings is 1. The minimum Gasteiger partial charge on any atom is -0.454 e. The zero-order valence-corrected chi connectivity index (χ0v) is 30.9. The smallest absolute Gasteiger partial charge is 0.160 e. The maximum Gasteiger partial charge on any atom is 0.160 e. The lowest BCUT2D eigenvalue weighted by molar-refractivity contribution is 0.671. The molecule has 0 bridgehead atoms. The molecular formula is C54H34N2O. The van der Waals surface area contributed by atoms with Crippen LogP contribution in [0.15, 0.2) is 211 Å². The Labute approximate surface area is 328 Å². The summed E-state index contributed by atoms with van der Waals surface area (Å²) in [5.74, 6) is 0. The van der Waals surface area contributed by atoms with Crippen molar-refractivity contribution in [3.63, 3.8) is 0 Å². The number of hydrogen-bond acceptors (Lipinski definition) is 1. The largest absolute Gasteiger partial charge is 0.454 e. The van der Waals surface area contributed by atoms with Gasteiger partial charge in [0.25, 0.3) is 0 Å². The zero-order valence-electron chi connectivity index (χ0n) is 30.9. The van der Waals surface area contributed by atoms with Gasteiger partial charge in [0.15, 0.2) is 5.58 Å². The molecule has 9 aromatic carbocycles. The van der Waals surface area contributed by atoms with Crippen molar-refractivity contribution in [1.82, 2.24) is 9.13 Å². The molecule has 12 aromatic rings. The Hall–Kier alpha value is -7.62. The predicted octanol–water partition coefficient (Wildman–Crippen LogP) is 14.8. The molecule has 3 heteroatoms. The van der Waals surface area contributed by atoms with Crippen molar-refractivity contribution < 1.29 is 4.42 Å². The van der Waals surface area contributed by atoms with Crippen LogP contribution < -0.4 is 0 Å². The Balaban J connectivity index is 0.877. The molecule has 0 radical (unpaired) electrons. The molecule has 0 aliphatic heterocycles. The highest BCUT2D eigenvalue weighted by atomic mass is 16.3. The number of hydrogen-bond donors (Lipinski definition) is 0. The average Bonchev–Trinajstić information content (AvgIpc) is 3.95. The number of rotatable bonds is 5. The van der Waals surface area contributed by atoms with E-state index in [-0.39, 0.29) is 0 Å². The second-order valence-electron chi connectivity index (χ2n) is 14.9. The van der Waals surface area contributed by atoms with Crippen molar-refractivity contribution in [2.75, 3.05) is 0 Å². The van der Waals surface area contributed by atoms with Gasteiger partial charge in [0, 0.05) is 43.7 Å². The monoisotopic (exact) mass is 726 g/mol. The van der Waals surface area contributed by atoms with Gasteiger partial charge in [-0.25, -0.2) is 0 Å². The third-order valence-corrected chi connectivity index (χ3v) is 11.8. The lowest BCUT2D eigenvalue weighted by Crippen LogP contribution is -1.94. The summed E-state index contributed by atoms with van der Waals surface area (Å²) in [5, 5.41) is 7.21. The fourth-order valence-corrected chi connectivity index (χ4v) is 9.02. The molecule has 266 valence electrons. The van der Waals surface area contributed by atoms with E-state index in [0.29, 0.717) is 0 Å². The van der Waals surface area contributed by atoms with Gasteiger partial charge in [-0.15, -0.1) is 0 Å². The predicted molar refractivity (Wildman–Crippen MR) is 239 cm³/mol. The summed E-state index contributed by atoms with van der Waals surface area (Å²) in [7, 11) is 0. The van der Waals surface area contributed by atoms with E-state index in [1.54, 1.807) is 0 Å². The van der Waals surface area contributed by atoms with Gasteiger partial charge >= 0.3 is 0 Å². The SMILES string of the molecule is c1ccc(-c2ccc3c4ccccc4n(-c4ccc(-c5ccc(-c6ccc(-n7c8ccccc8c8ccc9c%10ccccc%10oc9c87)cc6)cc5)cc4)c3c2)cc1. The summed E-state index contributed by atoms with van der Waals surface area (Å²) in [6.45, 7) is 0. The molecule has 0 N–H and O–H groups in total. The quantitative estimate of drug-likeness (QED) is 0.173. The van der Waals surface area contributed by atoms with Crippen LogP contribution in [0.3, 0.4) is 0 Å². The number of benzene rings is 9. The average molecular weight is 727 g/mol. The summed E-state index contributed by atoms with van der Waals surface area (Å²) < 4.78 is 11.3. The molecule has 3 nitrogen and oxygen atoms in total. The molecule has 0 aliphatic rings. The highest BCUT2D eigenvalue weighted by Crippen LogP contribution is 2.41. The molecule has 0 spiro atoms. The van der Waals surface area contributed by atoms with Gasteiger partial charge in [-0.3, -0.25) is 0 Å². The number of aromatic nitrogens is 2. The van der Waals surface area contributed by atoms with Gasteiger partial charge < -0.3 is 13.6 Å². The Morgan fingerprint density at radius 1 is 0.281 bits per heavy atom. The number of fused-ring (bicyclic) bond motifs is 10. The lowest BCUT2D eigenvalue weighted by atomic mass is 10.00. The molecule has 57 heavy (non-hydrogen) atoms. The first-order chi connectivity index (χ1) is 28.3. The minimum absolute atomic E-state index is 0.910. The van der Waals surface area contributed by atoms with E-state index in [4.69, 9.17) is 4.42 Å². The summed E-state index contributed by atoms with van der Waals surface area (Å²) in [6.07, 6.45) is 0. The molecule has 0 atom stereocenters. The molecule has 0 saturated carbocycles. The fraction of sp³-hybridized carbons (Fsp3) is 0. The Morgan fingerprint density at radius 2 is 0.719 bits per heavy atom. The highest BCUT2D eigenvalue weighted by molar-refractivity contribution is 6.21. The number of para-hydroxylation sites is 3. The lowest BCUT2D eigenvalue weighted by Gasteiger charge is -2.11. The van der Waals surface area contributed by atoms with Crippen molar-refractivity contribution in [3.8, 4) is 44.8 Å². The van der Waals surface area contributed by atoms with E-state index in [1.165, 1.54) is 71.5 Å². The maximum absolute atomic E-state index is 6.55. The van der Waals surface area contributed by atoms with E-state index < -0.39 is 0 Å². The third-order valence-electron chi connectivity index (χ3n) is 11.8. The molecule has 0 saturated heterocycles. The molecule has 0 unspecified atom stereocenters. The van der Waals surface area contributed by atoms with Crippen molar-refractivity contribution >= 4 is 65.6 Å². The second-order valence-corrected chi connectivity index (χ2v) is 14.9. The summed E-state index contributed by atoms with van der Waals surface area (Å²) in [5.41, 5.74) is 15.9. The van der Waals surface area contributed by atoms with Crippen molar-refractivity contribution in [2.45, 2.75) is 0 Å². The van der Waals surface area contributed by atoms with Crippen LogP contribution in [0.25, 0.3) is 110 Å². The van der Waals surface area contributed by atoms with Gasteiger partial charge in [0.1, 0.15) is 5.58 Å². The van der Waals surface area contributed by atoms with Crippen LogP contribution in [0.1, 0.15) is 0 Å². The highest BCUT2D eigenvalue weighted by Gasteiger charge is 2.19. The topological polar surface area (TPSA) is 23.0 Å². The van der Waals surface area contributed by atoms with Crippen LogP contribution >= 0.6 is 0 Å². The van der Waals surface area contributed by atoms with Crippen molar-refractivity contribution in [3.05, 3.63) is 206 Å². The second kappa shape index (κ2) is 12.5. The standard InChI is InChI=1S/C54H34N2O/c1-2-10-35(11-3-1)40-26-31-45-43-12-4-7-15-49(43)55(51(45)34-40)41-27-22-38(23-28-41)36-18-20-37(21-19-36)39-24-29-42(30-25-39)56-50-16-8-5-13-44(50)47-32-33-48-46-14-6-9-17-52(46)57-54(48)53(47)56/h1-34H. The summed E-state index contributed by atoms with van der Waals surface area (Å²) in [4.78, 5) is 0. The van der Waals surface area contributed by atoms with E-state index in [9.17, 15) is 0 Å². The Kier molecular flexibility index (Phi) is 6.93. The summed E-state index contributed by atoms with van der Waals surface area (Å²) in [6, 6.07) is 74.4. The normalized spacial score (nSPS) is 11.9. The van der Waals surface area contributed by atoms with E-state index in [1.807, 2.05) is 6.07 Å². The maximum atomic E-state index is 6.55. The Morgan fingerprint density at radius 3 is 1.39 bits per heavy atom. The first kappa shape index (κ1) is 31.7. The molecule has 0 fully saturated rings. The molecule has 3 aromatic heterocycles. The minimum atomic E-state index is 0.910. The molecule has 12 rings (SSSR count). The van der Waals surface area contributed by atoms with Crippen molar-refractivity contribution in [1.29, 1.82) is 0 Å². The number of nitrogens with zero attached hydrogens (tertiary/aromatic N) is 2. The van der Waals surface area contributed by atoms with E-state index >= 15 is 0 Å². The fourth-order valence-electron chi connectivity index (χ4n) is 9.02. The van der Waals surface area contributed by atoms with Gasteiger partial charge in [0.2, 0.25) is 0 Å². The van der Waals surface area contributed by atoms with E-state index in [0.717, 1.165) is 38.8 Å². The third kappa shape index (κ3) is 4.92. The van der Waals surface area contributed by atoms with Crippen LogP contribution in [-0.2, 0) is 0 Å². The van der Waals surface area contributed by atoms with Gasteiger partial charge in [0.05, 0.1) is 22.1 Å². The van der Waals surface area contributed by atoms with Crippen LogP contribution in [0.4, 0.5) is 0 Å². The molecule has 0 amide bonds. The van der Waals surface area contributed by atoms with Gasteiger partial charge in [-0.2, -0.15) is 0 Å². The first-order valence-corrected chi connectivity index (χ1v) is 19.5. The van der Waals surface area contributed by atoms with Crippen LogP contribution in [0.2, 0.25) is 0 Å². The molecular weight excluding hydrogens is 693 g/mol. The molecule has 0 aliphatic carbocycles. The van der Waals surface area contributed by atoms with Crippen LogP contribution in [-0.4, -0.2) is 9.13 Å². The van der Waals surface area contributed by atoms with Crippen LogP contribution in [0, 0.1) is 0 Å². The first-order valence-electron chi connectivity index (χ1n) is 19.5. The van der Waals surface area contributed by atoms with Crippen molar-refractivity contribution in [2.24, 2.45) is 0 Å². The summed E-state index contributed by atoms with van der Waals surface area (Å²) >= 11 is 0. The van der Waals surface area contributed by atoms with E-state index in [2.05, 4.69) is 209 Å². The van der Waals surface area contributed by atoms with Gasteiger partial charge in [-0.05, 0) is 88.0 Å².